The fourth-order valence-corrected chi connectivity index (χ4v) is 6.15. The topological polar surface area (TPSA) is 99.3 Å². The lowest BCUT2D eigenvalue weighted by Gasteiger charge is -2.34. The van der Waals surface area contributed by atoms with Gasteiger partial charge in [-0.2, -0.15) is 4.31 Å². The maximum Gasteiger partial charge on any atom is 0.263 e. The summed E-state index contributed by atoms with van der Waals surface area (Å²) in [6, 6.07) is 12.8. The highest BCUT2D eigenvalue weighted by molar-refractivity contribution is 7.89. The van der Waals surface area contributed by atoms with Crippen LogP contribution in [0.4, 0.5) is 0 Å². The first-order valence-corrected chi connectivity index (χ1v) is 14.6. The SMILES string of the molecule is CN1CCN(C(=O)c2ccc(S(=O)(=O)N3CCC(NC(=O)C(C)(C)Oc4ccc(Cl)cc4)CC3)cc2)CC1. The van der Waals surface area contributed by atoms with Crippen LogP contribution >= 0.6 is 11.6 Å². The molecule has 2 aliphatic rings. The van der Waals surface area contributed by atoms with Crippen LogP contribution in [0, 0.1) is 0 Å². The average Bonchev–Trinajstić information content (AvgIpc) is 2.90. The predicted molar refractivity (Wildman–Crippen MR) is 146 cm³/mol. The van der Waals surface area contributed by atoms with E-state index >= 15 is 0 Å². The molecule has 0 unspecified atom stereocenters. The molecule has 206 valence electrons. The van der Waals surface area contributed by atoms with Crippen molar-refractivity contribution in [3.8, 4) is 5.75 Å². The average molecular weight is 563 g/mol. The Kier molecular flexibility index (Phi) is 8.66. The maximum absolute atomic E-state index is 13.2. The normalized spacial score (nSPS) is 18.3. The van der Waals surface area contributed by atoms with Gasteiger partial charge in [-0.05, 0) is 82.3 Å². The van der Waals surface area contributed by atoms with E-state index in [0.717, 1.165) is 13.1 Å². The summed E-state index contributed by atoms with van der Waals surface area (Å²) < 4.78 is 33.7. The fourth-order valence-electron chi connectivity index (χ4n) is 4.55. The molecule has 1 N–H and O–H groups in total. The van der Waals surface area contributed by atoms with E-state index < -0.39 is 15.6 Å². The molecule has 2 aliphatic heterocycles. The molecule has 0 bridgehead atoms. The Labute approximate surface area is 229 Å². The highest BCUT2D eigenvalue weighted by Gasteiger charge is 2.35. The van der Waals surface area contributed by atoms with E-state index in [1.807, 2.05) is 7.05 Å². The standard InChI is InChI=1S/C27H35ClN4O5S/c1-27(2,37-23-8-6-21(28)7-9-23)26(34)29-22-12-14-32(15-13-22)38(35,36)24-10-4-20(5-11-24)25(33)31-18-16-30(3)17-19-31/h4-11,22H,12-19H2,1-3H3,(H,29,34). The van der Waals surface area contributed by atoms with Crippen molar-refractivity contribution in [1.82, 2.24) is 19.4 Å². The number of hydrogen-bond donors (Lipinski definition) is 1. The second-order valence-electron chi connectivity index (χ2n) is 10.3. The van der Waals surface area contributed by atoms with E-state index in [1.165, 1.54) is 16.4 Å². The number of likely N-dealkylation sites (N-methyl/N-ethyl adjacent to an activating group) is 1. The minimum Gasteiger partial charge on any atom is -0.478 e. The number of sulfonamides is 1. The number of hydrogen-bond acceptors (Lipinski definition) is 6. The third-order valence-electron chi connectivity index (χ3n) is 7.05. The molecule has 11 heteroatoms. The zero-order valence-electron chi connectivity index (χ0n) is 22.0. The summed E-state index contributed by atoms with van der Waals surface area (Å²) in [5.74, 6) is 0.183. The molecular formula is C27H35ClN4O5S. The van der Waals surface area contributed by atoms with Gasteiger partial charge in [0.2, 0.25) is 10.0 Å². The number of halogens is 1. The molecule has 2 saturated heterocycles. The van der Waals surface area contributed by atoms with Gasteiger partial charge in [0, 0.05) is 55.9 Å². The van der Waals surface area contributed by atoms with Crippen molar-refractivity contribution in [2.45, 2.75) is 43.2 Å². The Morgan fingerprint density at radius 3 is 2.08 bits per heavy atom. The van der Waals surface area contributed by atoms with Crippen molar-refractivity contribution in [3.05, 3.63) is 59.1 Å². The van der Waals surface area contributed by atoms with Gasteiger partial charge in [-0.25, -0.2) is 8.42 Å². The molecule has 0 radical (unpaired) electrons. The van der Waals surface area contributed by atoms with Crippen molar-refractivity contribution in [3.63, 3.8) is 0 Å². The Hall–Kier alpha value is -2.66. The highest BCUT2D eigenvalue weighted by Crippen LogP contribution is 2.24. The van der Waals surface area contributed by atoms with Gasteiger partial charge in [0.25, 0.3) is 11.8 Å². The van der Waals surface area contributed by atoms with Gasteiger partial charge in [-0.1, -0.05) is 11.6 Å². The summed E-state index contributed by atoms with van der Waals surface area (Å²) in [6.45, 7) is 6.91. The molecular weight excluding hydrogens is 528 g/mol. The second kappa shape index (κ2) is 11.6. The van der Waals surface area contributed by atoms with Crippen molar-refractivity contribution >= 4 is 33.4 Å². The number of benzene rings is 2. The van der Waals surface area contributed by atoms with Crippen LogP contribution in [0.15, 0.2) is 53.4 Å². The Bertz CT molecular complexity index is 1240. The molecule has 4 rings (SSSR count). The molecule has 2 amide bonds. The van der Waals surface area contributed by atoms with Crippen LogP contribution in [-0.4, -0.2) is 92.3 Å². The van der Waals surface area contributed by atoms with Crippen LogP contribution in [0.3, 0.4) is 0 Å². The Balaban J connectivity index is 1.30. The van der Waals surface area contributed by atoms with Crippen molar-refractivity contribution < 1.29 is 22.7 Å². The molecule has 2 aromatic carbocycles. The van der Waals surface area contributed by atoms with Crippen LogP contribution in [-0.2, 0) is 14.8 Å². The minimum atomic E-state index is -3.71. The first kappa shape index (κ1) is 28.4. The molecule has 2 heterocycles. The first-order chi connectivity index (χ1) is 18.0. The van der Waals surface area contributed by atoms with Crippen LogP contribution in [0.5, 0.6) is 5.75 Å². The van der Waals surface area contributed by atoms with Crippen molar-refractivity contribution in [2.24, 2.45) is 0 Å². The van der Waals surface area contributed by atoms with E-state index in [2.05, 4.69) is 10.2 Å². The number of amides is 2. The third kappa shape index (κ3) is 6.66. The summed E-state index contributed by atoms with van der Waals surface area (Å²) in [4.78, 5) is 29.8. The number of ether oxygens (including phenoxy) is 1. The van der Waals surface area contributed by atoms with Crippen LogP contribution in [0.25, 0.3) is 0 Å². The summed E-state index contributed by atoms with van der Waals surface area (Å²) in [5, 5.41) is 3.58. The van der Waals surface area contributed by atoms with Gasteiger partial charge in [-0.3, -0.25) is 9.59 Å². The number of piperidine rings is 1. The molecule has 0 atom stereocenters. The summed E-state index contributed by atoms with van der Waals surface area (Å²) in [6.07, 6.45) is 0.976. The molecule has 2 aromatic rings. The van der Waals surface area contributed by atoms with Gasteiger partial charge >= 0.3 is 0 Å². The molecule has 0 saturated carbocycles. The molecule has 0 aliphatic carbocycles. The minimum absolute atomic E-state index is 0.0819. The number of nitrogens with one attached hydrogen (secondary N) is 1. The van der Waals surface area contributed by atoms with Gasteiger partial charge in [0.1, 0.15) is 5.75 Å². The molecule has 2 fully saturated rings. The number of carbonyl (C=O) groups excluding carboxylic acids is 2. The largest absolute Gasteiger partial charge is 0.478 e. The zero-order valence-corrected chi connectivity index (χ0v) is 23.6. The number of carbonyl (C=O) groups is 2. The molecule has 38 heavy (non-hydrogen) atoms. The third-order valence-corrected chi connectivity index (χ3v) is 9.22. The summed E-state index contributed by atoms with van der Waals surface area (Å²) in [7, 11) is -1.68. The van der Waals surface area contributed by atoms with Crippen LogP contribution < -0.4 is 10.1 Å². The predicted octanol–water partition coefficient (Wildman–Crippen LogP) is 2.85. The lowest BCUT2D eigenvalue weighted by atomic mass is 10.0. The lowest BCUT2D eigenvalue weighted by Crippen LogP contribution is -2.53. The van der Waals surface area contributed by atoms with Crippen LogP contribution in [0.1, 0.15) is 37.0 Å². The lowest BCUT2D eigenvalue weighted by molar-refractivity contribution is -0.135. The Morgan fingerprint density at radius 1 is 0.921 bits per heavy atom. The van der Waals surface area contributed by atoms with Crippen molar-refractivity contribution in [1.29, 1.82) is 0 Å². The summed E-state index contributed by atoms with van der Waals surface area (Å²) in [5.41, 5.74) is -0.626. The number of nitrogens with zero attached hydrogens (tertiary/aromatic N) is 3. The molecule has 0 spiro atoms. The first-order valence-electron chi connectivity index (χ1n) is 12.8. The van der Waals surface area contributed by atoms with E-state index in [1.54, 1.807) is 55.1 Å². The molecule has 0 aromatic heterocycles. The van der Waals surface area contributed by atoms with Gasteiger partial charge in [0.15, 0.2) is 5.60 Å². The second-order valence-corrected chi connectivity index (χ2v) is 12.7. The van der Waals surface area contributed by atoms with E-state index in [-0.39, 0.29) is 35.8 Å². The highest BCUT2D eigenvalue weighted by atomic mass is 35.5. The monoisotopic (exact) mass is 562 g/mol. The van der Waals surface area contributed by atoms with Gasteiger partial charge in [0.05, 0.1) is 4.90 Å². The van der Waals surface area contributed by atoms with E-state index in [9.17, 15) is 18.0 Å². The van der Waals surface area contributed by atoms with E-state index in [0.29, 0.717) is 42.3 Å². The van der Waals surface area contributed by atoms with Crippen molar-refractivity contribution in [2.75, 3.05) is 46.3 Å². The van der Waals surface area contributed by atoms with E-state index in [4.69, 9.17) is 16.3 Å². The van der Waals surface area contributed by atoms with Gasteiger partial charge in [-0.15, -0.1) is 0 Å². The van der Waals surface area contributed by atoms with Gasteiger partial charge < -0.3 is 19.9 Å². The molecule has 9 nitrogen and oxygen atoms in total. The van der Waals surface area contributed by atoms with Crippen LogP contribution in [0.2, 0.25) is 5.02 Å². The number of rotatable bonds is 7. The zero-order chi connectivity index (χ0) is 27.5. The smallest absolute Gasteiger partial charge is 0.263 e. The Morgan fingerprint density at radius 2 is 1.50 bits per heavy atom. The quantitative estimate of drug-likeness (QED) is 0.557. The summed E-state index contributed by atoms with van der Waals surface area (Å²) >= 11 is 5.91. The number of piperazine rings is 1. The fraction of sp³-hybridized carbons (Fsp3) is 0.481. The maximum atomic E-state index is 13.2.